The molecule has 0 saturated heterocycles. The van der Waals surface area contributed by atoms with Crippen molar-refractivity contribution in [2.24, 2.45) is 0 Å². The number of nitrogens with one attached hydrogen (secondary N) is 2. The summed E-state index contributed by atoms with van der Waals surface area (Å²) >= 11 is 6.21. The summed E-state index contributed by atoms with van der Waals surface area (Å²) in [6.45, 7) is 0. The van der Waals surface area contributed by atoms with E-state index in [2.05, 4.69) is 25.5 Å². The maximum atomic E-state index is 13.7. The average molecular weight is 358 g/mol. The molecule has 2 N–H and O–H groups in total. The highest BCUT2D eigenvalue weighted by Gasteiger charge is 2.13. The molecule has 2 heterocycles. The van der Waals surface area contributed by atoms with Gasteiger partial charge in [0.1, 0.15) is 11.6 Å². The zero-order chi connectivity index (χ0) is 17.4. The van der Waals surface area contributed by atoms with E-state index in [1.165, 1.54) is 6.07 Å². The van der Waals surface area contributed by atoms with Gasteiger partial charge in [-0.25, -0.2) is 13.8 Å². The molecule has 0 fully saturated rings. The van der Waals surface area contributed by atoms with Crippen LogP contribution in [0.5, 0.6) is 0 Å². The van der Waals surface area contributed by atoms with Gasteiger partial charge >= 0.3 is 0 Å². The second-order valence-electron chi connectivity index (χ2n) is 5.26. The minimum atomic E-state index is -0.734. The van der Waals surface area contributed by atoms with E-state index in [0.29, 0.717) is 21.7 Å². The highest BCUT2D eigenvalue weighted by molar-refractivity contribution is 6.33. The number of aromatic amines is 1. The lowest BCUT2D eigenvalue weighted by atomic mass is 10.1. The Labute approximate surface area is 145 Å². The first-order chi connectivity index (χ1) is 12.1. The Morgan fingerprint density at radius 2 is 1.92 bits per heavy atom. The Kier molecular flexibility index (Phi) is 3.77. The molecule has 0 bridgehead atoms. The van der Waals surface area contributed by atoms with Gasteiger partial charge in [-0.2, -0.15) is 10.1 Å². The van der Waals surface area contributed by atoms with E-state index >= 15 is 0 Å². The number of hydrogen-bond donors (Lipinski definition) is 2. The van der Waals surface area contributed by atoms with Gasteiger partial charge in [0.05, 0.1) is 16.8 Å². The van der Waals surface area contributed by atoms with Gasteiger partial charge in [0.25, 0.3) is 0 Å². The van der Waals surface area contributed by atoms with Gasteiger partial charge in [-0.1, -0.05) is 29.8 Å². The van der Waals surface area contributed by atoms with E-state index in [0.717, 1.165) is 17.7 Å². The largest absolute Gasteiger partial charge is 0.322 e. The number of anilines is 2. The number of H-pyrrole nitrogens is 1. The minimum absolute atomic E-state index is 0.0719. The first kappa shape index (κ1) is 15.5. The molecule has 4 rings (SSSR count). The van der Waals surface area contributed by atoms with Gasteiger partial charge in [-0.15, -0.1) is 0 Å². The van der Waals surface area contributed by atoms with Crippen LogP contribution >= 0.6 is 11.6 Å². The van der Waals surface area contributed by atoms with E-state index < -0.39 is 11.6 Å². The molecule has 8 heteroatoms. The van der Waals surface area contributed by atoms with Crippen molar-refractivity contribution in [1.82, 2.24) is 20.2 Å². The maximum Gasteiger partial charge on any atom is 0.229 e. The van der Waals surface area contributed by atoms with Crippen LogP contribution in [0.1, 0.15) is 0 Å². The molecular weight excluding hydrogens is 348 g/mol. The molecule has 0 spiro atoms. The van der Waals surface area contributed by atoms with Gasteiger partial charge in [0.15, 0.2) is 5.65 Å². The SMILES string of the molecule is Fc1ccc(Nc2ncc3c(-c4ccccc4Cl)[nH]nc3n2)c(F)c1. The summed E-state index contributed by atoms with van der Waals surface area (Å²) in [5, 5.41) is 11.0. The van der Waals surface area contributed by atoms with Crippen molar-refractivity contribution < 1.29 is 8.78 Å². The van der Waals surface area contributed by atoms with Crippen LogP contribution in [0.2, 0.25) is 5.02 Å². The first-order valence-electron chi connectivity index (χ1n) is 7.30. The number of halogens is 3. The van der Waals surface area contributed by atoms with Crippen molar-refractivity contribution in [3.8, 4) is 11.3 Å². The lowest BCUT2D eigenvalue weighted by Crippen LogP contribution is -1.99. The summed E-state index contributed by atoms with van der Waals surface area (Å²) in [7, 11) is 0. The summed E-state index contributed by atoms with van der Waals surface area (Å²) in [5.74, 6) is -1.24. The third kappa shape index (κ3) is 2.89. The third-order valence-electron chi connectivity index (χ3n) is 3.63. The van der Waals surface area contributed by atoms with Gasteiger partial charge < -0.3 is 5.32 Å². The molecule has 0 aliphatic rings. The molecule has 0 unspecified atom stereocenters. The first-order valence-corrected chi connectivity index (χ1v) is 7.68. The molecule has 0 radical (unpaired) electrons. The van der Waals surface area contributed by atoms with Crippen molar-refractivity contribution in [3.05, 3.63) is 65.3 Å². The summed E-state index contributed by atoms with van der Waals surface area (Å²) in [6.07, 6.45) is 1.56. The zero-order valence-corrected chi connectivity index (χ0v) is 13.4. The van der Waals surface area contributed by atoms with Crippen LogP contribution in [0.15, 0.2) is 48.7 Å². The Morgan fingerprint density at radius 1 is 1.08 bits per heavy atom. The number of nitrogens with zero attached hydrogens (tertiary/aromatic N) is 3. The number of hydrogen-bond acceptors (Lipinski definition) is 4. The Bertz CT molecular complexity index is 1080. The Balaban J connectivity index is 1.71. The van der Waals surface area contributed by atoms with Crippen LogP contribution in [0, 0.1) is 11.6 Å². The molecule has 124 valence electrons. The summed E-state index contributed by atoms with van der Waals surface area (Å²) in [6, 6.07) is 10.5. The summed E-state index contributed by atoms with van der Waals surface area (Å²) in [4.78, 5) is 8.41. The fraction of sp³-hybridized carbons (Fsp3) is 0. The summed E-state index contributed by atoms with van der Waals surface area (Å²) in [5.41, 5.74) is 1.94. The van der Waals surface area contributed by atoms with Crippen LogP contribution in [0.4, 0.5) is 20.4 Å². The average Bonchev–Trinajstić information content (AvgIpc) is 3.01. The standard InChI is InChI=1S/C17H10ClF2N5/c18-12-4-2-1-3-10(12)15-11-8-21-17(23-16(11)25-24-15)22-14-6-5-9(19)7-13(14)20/h1-8H,(H2,21,22,23,24,25). The fourth-order valence-electron chi connectivity index (χ4n) is 2.44. The van der Waals surface area contributed by atoms with Gasteiger partial charge in [0.2, 0.25) is 5.95 Å². The molecule has 2 aromatic heterocycles. The zero-order valence-electron chi connectivity index (χ0n) is 12.6. The second-order valence-corrected chi connectivity index (χ2v) is 5.67. The fourth-order valence-corrected chi connectivity index (χ4v) is 2.67. The summed E-state index contributed by atoms with van der Waals surface area (Å²) < 4.78 is 26.7. The van der Waals surface area contributed by atoms with Crippen molar-refractivity contribution in [3.63, 3.8) is 0 Å². The number of fused-ring (bicyclic) bond motifs is 1. The molecule has 5 nitrogen and oxygen atoms in total. The molecule has 4 aromatic rings. The lowest BCUT2D eigenvalue weighted by molar-refractivity contribution is 0.586. The topological polar surface area (TPSA) is 66.5 Å². The predicted molar refractivity (Wildman–Crippen MR) is 91.8 cm³/mol. The number of benzene rings is 2. The van der Waals surface area contributed by atoms with Gasteiger partial charge in [-0.05, 0) is 18.2 Å². The second kappa shape index (κ2) is 6.10. The maximum absolute atomic E-state index is 13.7. The van der Waals surface area contributed by atoms with Crippen molar-refractivity contribution in [2.45, 2.75) is 0 Å². The molecule has 0 aliphatic carbocycles. The number of aromatic nitrogens is 4. The molecular formula is C17H10ClF2N5. The Morgan fingerprint density at radius 3 is 2.72 bits per heavy atom. The van der Waals surface area contributed by atoms with E-state index in [4.69, 9.17) is 11.6 Å². The van der Waals surface area contributed by atoms with E-state index in [1.807, 2.05) is 18.2 Å². The molecule has 0 saturated carbocycles. The molecule has 25 heavy (non-hydrogen) atoms. The van der Waals surface area contributed by atoms with E-state index in [1.54, 1.807) is 12.3 Å². The molecule has 0 aliphatic heterocycles. The minimum Gasteiger partial charge on any atom is -0.322 e. The quantitative estimate of drug-likeness (QED) is 0.558. The predicted octanol–water partition coefficient (Wildman–Crippen LogP) is 4.70. The Hall–Kier alpha value is -3.06. The van der Waals surface area contributed by atoms with Crippen molar-refractivity contribution in [2.75, 3.05) is 5.32 Å². The number of rotatable bonds is 3. The van der Waals surface area contributed by atoms with Crippen LogP contribution in [0.25, 0.3) is 22.3 Å². The molecule has 0 amide bonds. The van der Waals surface area contributed by atoms with Crippen LogP contribution in [-0.4, -0.2) is 20.2 Å². The normalized spacial score (nSPS) is 11.0. The molecule has 0 atom stereocenters. The van der Waals surface area contributed by atoms with E-state index in [-0.39, 0.29) is 11.6 Å². The van der Waals surface area contributed by atoms with Crippen molar-refractivity contribution >= 4 is 34.3 Å². The smallest absolute Gasteiger partial charge is 0.229 e. The van der Waals surface area contributed by atoms with Crippen LogP contribution in [-0.2, 0) is 0 Å². The molecule has 2 aromatic carbocycles. The van der Waals surface area contributed by atoms with Crippen molar-refractivity contribution in [1.29, 1.82) is 0 Å². The van der Waals surface area contributed by atoms with Crippen LogP contribution < -0.4 is 5.32 Å². The third-order valence-corrected chi connectivity index (χ3v) is 3.96. The van der Waals surface area contributed by atoms with Crippen LogP contribution in [0.3, 0.4) is 0 Å². The highest BCUT2D eigenvalue weighted by Crippen LogP contribution is 2.31. The lowest BCUT2D eigenvalue weighted by Gasteiger charge is -2.06. The van der Waals surface area contributed by atoms with Gasteiger partial charge in [0, 0.05) is 22.8 Å². The van der Waals surface area contributed by atoms with Gasteiger partial charge in [-0.3, -0.25) is 5.10 Å². The highest BCUT2D eigenvalue weighted by atomic mass is 35.5. The van der Waals surface area contributed by atoms with E-state index in [9.17, 15) is 8.78 Å². The monoisotopic (exact) mass is 357 g/mol.